The van der Waals surface area contributed by atoms with Crippen molar-refractivity contribution >= 4 is 115 Å². The summed E-state index contributed by atoms with van der Waals surface area (Å²) in [6.07, 6.45) is 0. The third-order valence-electron chi connectivity index (χ3n) is 12.4. The minimum absolute atomic E-state index is 0.453. The molecule has 98 heavy (non-hydrogen) atoms. The summed E-state index contributed by atoms with van der Waals surface area (Å²) < 4.78 is 412. The summed E-state index contributed by atoms with van der Waals surface area (Å²) in [6, 6.07) is -8.46. The van der Waals surface area contributed by atoms with Crippen molar-refractivity contribution in [2.75, 3.05) is 0 Å². The highest BCUT2D eigenvalue weighted by atomic mass is 33.1. The van der Waals surface area contributed by atoms with Crippen molar-refractivity contribution in [1.82, 2.24) is 0 Å². The molecule has 0 saturated carbocycles. The molecule has 0 aliphatic heterocycles. The fourth-order valence-electron chi connectivity index (χ4n) is 8.26. The Bertz CT molecular complexity index is 4940. The number of hydrogen-bond acceptors (Lipinski definition) is 26. The molecule has 30 nitrogen and oxygen atoms in total. The molecule has 0 atom stereocenters. The predicted molar refractivity (Wildman–Crippen MR) is 286 cm³/mol. The number of benzene rings is 6. The molecule has 56 heteroatoms. The van der Waals surface area contributed by atoms with Gasteiger partial charge in [0.15, 0.2) is 0 Å². The maximum Gasteiger partial charge on any atom is 0.501 e. The number of nitro groups is 6. The summed E-state index contributed by atoms with van der Waals surface area (Å²) in [5, 5.41) is 77.7. The smallest absolute Gasteiger partial charge is 0.258 e. The maximum absolute atomic E-state index is 15.2. The van der Waals surface area contributed by atoms with Crippen LogP contribution in [-0.4, -0.2) is 113 Å². The van der Waals surface area contributed by atoms with Crippen LogP contribution in [0.15, 0.2) is 124 Å². The minimum Gasteiger partial charge on any atom is -0.258 e. The van der Waals surface area contributed by atoms with Gasteiger partial charge >= 0.3 is 33.0 Å². The highest BCUT2D eigenvalue weighted by molar-refractivity contribution is 8.76. The number of nitro benzene ring substituents is 6. The molecular weight excluding hydrogens is 1570 g/mol. The molecule has 6 aromatic rings. The average molecular weight is 1590 g/mol. The van der Waals surface area contributed by atoms with Gasteiger partial charge in [0.25, 0.3) is 93.1 Å². The second-order valence-corrected chi connectivity index (χ2v) is 31.8. The number of nitrogens with zero attached hydrogens (tertiary/aromatic N) is 6. The van der Waals surface area contributed by atoms with Gasteiger partial charge in [0.2, 0.25) is 0 Å². The van der Waals surface area contributed by atoms with Gasteiger partial charge in [0, 0.05) is 35.4 Å². The van der Waals surface area contributed by atoms with E-state index >= 15 is 26.3 Å². The van der Waals surface area contributed by atoms with Gasteiger partial charge in [0.1, 0.15) is 0 Å². The van der Waals surface area contributed by atoms with Crippen molar-refractivity contribution in [2.24, 2.45) is 0 Å². The van der Waals surface area contributed by atoms with E-state index in [4.69, 9.17) is 0 Å². The van der Waals surface area contributed by atoms with Gasteiger partial charge in [-0.15, -0.1) is 0 Å². The molecule has 0 saturated heterocycles. The van der Waals surface area contributed by atoms with Crippen molar-refractivity contribution in [2.45, 2.75) is 72.2 Å². The van der Waals surface area contributed by atoms with E-state index in [-0.39, 0.29) is 0 Å². The Morgan fingerprint density at radius 1 is 0.265 bits per heavy atom. The summed E-state index contributed by atoms with van der Waals surface area (Å²) in [6.45, 7) is 0. The van der Waals surface area contributed by atoms with Crippen molar-refractivity contribution < 1.29 is 159 Å². The first-order chi connectivity index (χ1) is 44.0. The fraction of sp³-hybridized carbons (Fsp3) is 0.143. The molecule has 0 bridgehead atoms. The number of hydrogen-bond donors (Lipinski definition) is 0. The van der Waals surface area contributed by atoms with Crippen LogP contribution in [0.1, 0.15) is 0 Å². The Balaban J connectivity index is 2.03. The number of rotatable bonds is 19. The third-order valence-corrected chi connectivity index (χ3v) is 23.9. The lowest BCUT2D eigenvalue weighted by Crippen LogP contribution is -2.25. The molecule has 0 fully saturated rings. The standard InChI is InChI=1S/C42H14F18N6O24S8/c43-37(44,45)93(79,80)15-1-5-19(25(9-15)61(67)68)23-13-29(33(65(75)76)31(35(23)97(87,88)41(55,56)57)21-7-3-17(11-27(21)63(71)72)95(83,84)39(49,50)51)91-92-30-14-24(20-6-2-16(10-26(20)62(69)70)94(81,82)38(46,47)48)36(98(89,90)42(58,59)60)32(34(30)66(77)78)22-8-4-18(12-28(22)64(73)74)96(85,86)40(52,53)54/h1-14H. The van der Waals surface area contributed by atoms with E-state index in [1.54, 1.807) is 0 Å². The maximum atomic E-state index is 15.2. The van der Waals surface area contributed by atoms with Crippen LogP contribution in [-0.2, 0) is 59.0 Å². The molecule has 0 amide bonds. The van der Waals surface area contributed by atoms with Crippen molar-refractivity contribution in [1.29, 1.82) is 0 Å². The molecule has 0 heterocycles. The Morgan fingerprint density at radius 3 is 0.643 bits per heavy atom. The molecule has 0 spiro atoms. The first-order valence-electron chi connectivity index (χ1n) is 23.1. The highest BCUT2D eigenvalue weighted by Gasteiger charge is 2.57. The lowest BCUT2D eigenvalue weighted by Gasteiger charge is -2.21. The van der Waals surface area contributed by atoms with E-state index in [2.05, 4.69) is 0 Å². The predicted octanol–water partition coefficient (Wildman–Crippen LogP) is 12.4. The first kappa shape index (κ1) is 77.9. The molecule has 6 rings (SSSR count). The molecule has 0 aliphatic carbocycles. The van der Waals surface area contributed by atoms with Crippen LogP contribution >= 0.6 is 21.6 Å². The van der Waals surface area contributed by atoms with Crippen LogP contribution in [0.25, 0.3) is 44.5 Å². The molecule has 530 valence electrons. The van der Waals surface area contributed by atoms with Gasteiger partial charge in [-0.05, 0) is 82.3 Å². The lowest BCUT2D eigenvalue weighted by molar-refractivity contribution is -0.388. The van der Waals surface area contributed by atoms with E-state index < -0.39 is 346 Å². The second kappa shape index (κ2) is 25.0. The van der Waals surface area contributed by atoms with Gasteiger partial charge < -0.3 is 0 Å². The van der Waals surface area contributed by atoms with Gasteiger partial charge in [-0.1, -0.05) is 0 Å². The normalized spacial score (nSPS) is 13.4. The zero-order valence-corrected chi connectivity index (χ0v) is 51.2. The Labute approximate surface area is 533 Å². The van der Waals surface area contributed by atoms with Crippen LogP contribution in [0.2, 0.25) is 0 Å². The Hall–Kier alpha value is -9.14. The van der Waals surface area contributed by atoms with Gasteiger partial charge in [-0.25, -0.2) is 50.5 Å². The van der Waals surface area contributed by atoms with Crippen LogP contribution in [0, 0.1) is 60.7 Å². The summed E-state index contributed by atoms with van der Waals surface area (Å²) in [7, 11) is -46.0. The molecule has 0 unspecified atom stereocenters. The van der Waals surface area contributed by atoms with Crippen molar-refractivity contribution in [3.63, 3.8) is 0 Å². The number of halogens is 18. The third kappa shape index (κ3) is 13.5. The average Bonchev–Trinajstić information content (AvgIpc) is 0.720. The lowest BCUT2D eigenvalue weighted by atomic mass is 9.95. The van der Waals surface area contributed by atoms with E-state index in [0.717, 1.165) is 0 Å². The number of sulfone groups is 6. The fourth-order valence-corrected chi connectivity index (χ4v) is 16.0. The number of alkyl halides is 18. The summed E-state index contributed by atoms with van der Waals surface area (Å²) in [5.41, 5.74) is -75.1. The monoisotopic (exact) mass is 1580 g/mol. The van der Waals surface area contributed by atoms with Crippen molar-refractivity contribution in [3.8, 4) is 44.5 Å². The Kier molecular flexibility index (Phi) is 19.9. The summed E-state index contributed by atoms with van der Waals surface area (Å²) in [5.74, 6) is 0. The zero-order chi connectivity index (χ0) is 75.5. The molecule has 0 N–H and O–H groups in total. The Morgan fingerprint density at radius 2 is 0.459 bits per heavy atom. The largest absolute Gasteiger partial charge is 0.501 e. The quantitative estimate of drug-likeness (QED) is 0.0314. The SMILES string of the molecule is O=[N+]([O-])c1cc(S(=O)(=O)C(F)(F)F)ccc1-c1cc(SSc2cc(-c3ccc(S(=O)(=O)C(F)(F)F)cc3[N+](=O)[O-])c(S(=O)(=O)C(F)(F)F)c(-c3ccc(S(=O)(=O)C(F)(F)F)cc3[N+](=O)[O-])c2[N+](=O)[O-])c([N+](=O)[O-])c(-c2ccc(S(=O)(=O)C(F)(F)F)cc2[N+](=O)[O-])c1S(=O)(=O)C(F)(F)F. The van der Waals surface area contributed by atoms with Gasteiger partial charge in [-0.2, -0.15) is 79.0 Å². The van der Waals surface area contributed by atoms with Crippen LogP contribution in [0.4, 0.5) is 113 Å². The van der Waals surface area contributed by atoms with Crippen molar-refractivity contribution in [3.05, 3.63) is 146 Å². The van der Waals surface area contributed by atoms with E-state index in [9.17, 15) is 164 Å². The zero-order valence-electron chi connectivity index (χ0n) is 44.6. The molecule has 0 aromatic heterocycles. The van der Waals surface area contributed by atoms with Crippen LogP contribution < -0.4 is 0 Å². The first-order valence-corrected chi connectivity index (χ1v) is 34.1. The molecule has 0 aliphatic rings. The van der Waals surface area contributed by atoms with Gasteiger partial charge in [-0.3, -0.25) is 60.7 Å². The van der Waals surface area contributed by atoms with Gasteiger partial charge in [0.05, 0.1) is 102 Å². The van der Waals surface area contributed by atoms with Crippen LogP contribution in [0.3, 0.4) is 0 Å². The molecule has 6 aromatic carbocycles. The molecular formula is C42H14F18N6O24S8. The minimum atomic E-state index is -7.98. The highest BCUT2D eigenvalue weighted by Crippen LogP contribution is 2.60. The van der Waals surface area contributed by atoms with E-state index in [1.807, 2.05) is 0 Å². The van der Waals surface area contributed by atoms with Crippen LogP contribution in [0.5, 0.6) is 0 Å². The van der Waals surface area contributed by atoms with E-state index in [1.165, 1.54) is 0 Å². The van der Waals surface area contributed by atoms with E-state index in [0.29, 0.717) is 0 Å². The summed E-state index contributed by atoms with van der Waals surface area (Å²) in [4.78, 5) is 44.8. The topological polar surface area (TPSA) is 464 Å². The summed E-state index contributed by atoms with van der Waals surface area (Å²) >= 11 is 0. The molecule has 0 radical (unpaired) electrons. The second-order valence-electron chi connectivity index (χ2n) is 18.1.